The van der Waals surface area contributed by atoms with Crippen molar-refractivity contribution in [3.8, 4) is 5.75 Å². The minimum atomic E-state index is -1.17. The van der Waals surface area contributed by atoms with Gasteiger partial charge >= 0.3 is 5.97 Å². The summed E-state index contributed by atoms with van der Waals surface area (Å²) in [6.07, 6.45) is 0.0775. The van der Waals surface area contributed by atoms with Crippen LogP contribution in [0.15, 0.2) is 24.3 Å². The summed E-state index contributed by atoms with van der Waals surface area (Å²) in [4.78, 5) is 33.9. The lowest BCUT2D eigenvalue weighted by molar-refractivity contribution is -0.142. The Hall–Kier alpha value is -2.57. The van der Waals surface area contributed by atoms with Crippen molar-refractivity contribution < 1.29 is 24.6 Å². The van der Waals surface area contributed by atoms with E-state index in [1.54, 1.807) is 12.1 Å². The molecule has 7 nitrogen and oxygen atoms in total. The number of carboxylic acids is 1. The van der Waals surface area contributed by atoms with Gasteiger partial charge in [-0.25, -0.2) is 4.79 Å². The van der Waals surface area contributed by atoms with Gasteiger partial charge in [-0.2, -0.15) is 0 Å². The van der Waals surface area contributed by atoms with Gasteiger partial charge in [-0.1, -0.05) is 12.1 Å². The average molecular weight is 294 g/mol. The van der Waals surface area contributed by atoms with Crippen LogP contribution >= 0.6 is 0 Å². The van der Waals surface area contributed by atoms with E-state index in [2.05, 4.69) is 10.6 Å². The number of phenolic OH excluding ortho intramolecular Hbond substituents is 1. The lowest BCUT2D eigenvalue weighted by Gasteiger charge is -2.18. The maximum absolute atomic E-state index is 11.8. The largest absolute Gasteiger partial charge is 0.508 e. The molecule has 0 saturated carbocycles. The highest BCUT2D eigenvalue weighted by atomic mass is 16.4. The fraction of sp³-hybridized carbons (Fsp3) is 0.357. The third-order valence-corrected chi connectivity index (χ3v) is 2.80. The third kappa shape index (κ3) is 5.52. The Morgan fingerprint density at radius 3 is 2.19 bits per heavy atom. The Kier molecular flexibility index (Phi) is 5.71. The molecule has 0 aliphatic heterocycles. The van der Waals surface area contributed by atoms with Crippen molar-refractivity contribution in [1.29, 1.82) is 0 Å². The fourth-order valence-corrected chi connectivity index (χ4v) is 1.73. The van der Waals surface area contributed by atoms with Crippen LogP contribution in [0.5, 0.6) is 5.75 Å². The topological polar surface area (TPSA) is 116 Å². The molecule has 114 valence electrons. The molecule has 2 atom stereocenters. The number of benzene rings is 1. The summed E-state index contributed by atoms with van der Waals surface area (Å²) in [7, 11) is 0. The van der Waals surface area contributed by atoms with Crippen LogP contribution in [0.1, 0.15) is 19.4 Å². The molecule has 0 fully saturated rings. The number of rotatable bonds is 6. The first-order valence-corrected chi connectivity index (χ1v) is 6.37. The molecule has 0 radical (unpaired) electrons. The monoisotopic (exact) mass is 294 g/mol. The van der Waals surface area contributed by atoms with Gasteiger partial charge in [-0.05, 0) is 24.6 Å². The first kappa shape index (κ1) is 16.5. The molecular formula is C14H18N2O5. The predicted molar refractivity (Wildman–Crippen MR) is 74.7 cm³/mol. The summed E-state index contributed by atoms with van der Waals surface area (Å²) in [5, 5.41) is 23.1. The number of hydrogen-bond acceptors (Lipinski definition) is 4. The maximum atomic E-state index is 11.8. The van der Waals surface area contributed by atoms with Crippen molar-refractivity contribution in [2.75, 3.05) is 0 Å². The van der Waals surface area contributed by atoms with Crippen molar-refractivity contribution >= 4 is 17.8 Å². The molecule has 0 spiro atoms. The molecule has 0 heterocycles. The molecular weight excluding hydrogens is 276 g/mol. The first-order chi connectivity index (χ1) is 9.79. The Morgan fingerprint density at radius 1 is 1.14 bits per heavy atom. The van der Waals surface area contributed by atoms with E-state index >= 15 is 0 Å². The molecule has 0 aliphatic rings. The standard InChI is InChI=1S/C14H18N2O5/c1-8(15-9(2)17)13(19)16-12(14(20)21)7-10-3-5-11(18)6-4-10/h3-6,8,12,18H,7H2,1-2H3,(H,15,17)(H,16,19)(H,20,21)/t8?,12-/m1/s1. The lowest BCUT2D eigenvalue weighted by Crippen LogP contribution is -2.50. The van der Waals surface area contributed by atoms with Crippen LogP contribution in [0.4, 0.5) is 0 Å². The van der Waals surface area contributed by atoms with Gasteiger partial charge in [0.25, 0.3) is 0 Å². The summed E-state index contributed by atoms with van der Waals surface area (Å²) in [5.74, 6) is -2.04. The Bertz CT molecular complexity index is 527. The second kappa shape index (κ2) is 7.28. The van der Waals surface area contributed by atoms with Crippen LogP contribution < -0.4 is 10.6 Å². The molecule has 0 saturated heterocycles. The van der Waals surface area contributed by atoms with Gasteiger partial charge in [0.15, 0.2) is 0 Å². The van der Waals surface area contributed by atoms with Gasteiger partial charge in [-0.3, -0.25) is 9.59 Å². The van der Waals surface area contributed by atoms with E-state index in [-0.39, 0.29) is 18.1 Å². The third-order valence-electron chi connectivity index (χ3n) is 2.80. The summed E-state index contributed by atoms with van der Waals surface area (Å²) in [6, 6.07) is 4.11. The van der Waals surface area contributed by atoms with E-state index < -0.39 is 24.0 Å². The van der Waals surface area contributed by atoms with Gasteiger partial charge < -0.3 is 20.8 Å². The molecule has 21 heavy (non-hydrogen) atoms. The normalized spacial score (nSPS) is 13.0. The van der Waals surface area contributed by atoms with Crippen LogP contribution in [-0.2, 0) is 20.8 Å². The highest BCUT2D eigenvalue weighted by Crippen LogP contribution is 2.11. The number of carbonyl (C=O) groups is 3. The van der Waals surface area contributed by atoms with E-state index in [1.165, 1.54) is 26.0 Å². The van der Waals surface area contributed by atoms with Crippen molar-refractivity contribution in [2.24, 2.45) is 0 Å². The molecule has 4 N–H and O–H groups in total. The number of aromatic hydroxyl groups is 1. The number of aliphatic carboxylic acids is 1. The van der Waals surface area contributed by atoms with Crippen molar-refractivity contribution in [2.45, 2.75) is 32.4 Å². The highest BCUT2D eigenvalue weighted by Gasteiger charge is 2.23. The van der Waals surface area contributed by atoms with Crippen LogP contribution in [0, 0.1) is 0 Å². The summed E-state index contributed by atoms with van der Waals surface area (Å²) < 4.78 is 0. The van der Waals surface area contributed by atoms with Gasteiger partial charge in [0.05, 0.1) is 0 Å². The van der Waals surface area contributed by atoms with Gasteiger partial charge in [0, 0.05) is 13.3 Å². The van der Waals surface area contributed by atoms with E-state index in [9.17, 15) is 19.5 Å². The number of carbonyl (C=O) groups excluding carboxylic acids is 2. The zero-order valence-electron chi connectivity index (χ0n) is 11.8. The minimum absolute atomic E-state index is 0.0775. The zero-order valence-corrected chi connectivity index (χ0v) is 11.8. The summed E-state index contributed by atoms with van der Waals surface area (Å²) >= 11 is 0. The Morgan fingerprint density at radius 2 is 1.71 bits per heavy atom. The minimum Gasteiger partial charge on any atom is -0.508 e. The van der Waals surface area contributed by atoms with E-state index in [0.717, 1.165) is 0 Å². The number of amides is 2. The molecule has 0 aliphatic carbocycles. The molecule has 7 heteroatoms. The molecule has 2 amide bonds. The van der Waals surface area contributed by atoms with Crippen molar-refractivity contribution in [3.63, 3.8) is 0 Å². The lowest BCUT2D eigenvalue weighted by atomic mass is 10.1. The zero-order chi connectivity index (χ0) is 16.0. The van der Waals surface area contributed by atoms with Crippen LogP contribution in [0.25, 0.3) is 0 Å². The van der Waals surface area contributed by atoms with Gasteiger partial charge in [0.2, 0.25) is 11.8 Å². The molecule has 1 rings (SSSR count). The van der Waals surface area contributed by atoms with Crippen molar-refractivity contribution in [1.82, 2.24) is 10.6 Å². The van der Waals surface area contributed by atoms with E-state index in [0.29, 0.717) is 5.56 Å². The molecule has 0 aromatic heterocycles. The Balaban J connectivity index is 2.69. The second-order valence-electron chi connectivity index (χ2n) is 4.69. The van der Waals surface area contributed by atoms with E-state index in [4.69, 9.17) is 5.11 Å². The van der Waals surface area contributed by atoms with Crippen LogP contribution in [0.2, 0.25) is 0 Å². The van der Waals surface area contributed by atoms with Crippen LogP contribution in [0.3, 0.4) is 0 Å². The number of hydrogen-bond donors (Lipinski definition) is 4. The number of nitrogens with one attached hydrogen (secondary N) is 2. The number of carboxylic acid groups (broad SMARTS) is 1. The quantitative estimate of drug-likeness (QED) is 0.590. The number of phenols is 1. The first-order valence-electron chi connectivity index (χ1n) is 6.37. The Labute approximate surface area is 122 Å². The molecule has 1 aromatic rings. The smallest absolute Gasteiger partial charge is 0.326 e. The SMILES string of the molecule is CC(=O)NC(C)C(=O)N[C@H](Cc1ccc(O)cc1)C(=O)O. The molecule has 1 unspecified atom stereocenters. The summed E-state index contributed by atoms with van der Waals surface area (Å²) in [5.41, 5.74) is 0.660. The van der Waals surface area contributed by atoms with Gasteiger partial charge in [0.1, 0.15) is 17.8 Å². The fourth-order valence-electron chi connectivity index (χ4n) is 1.73. The average Bonchev–Trinajstić information content (AvgIpc) is 2.39. The summed E-state index contributed by atoms with van der Waals surface area (Å²) in [6.45, 7) is 2.74. The van der Waals surface area contributed by atoms with Gasteiger partial charge in [-0.15, -0.1) is 0 Å². The molecule has 0 bridgehead atoms. The van der Waals surface area contributed by atoms with E-state index in [1.807, 2.05) is 0 Å². The predicted octanol–water partition coefficient (Wildman–Crippen LogP) is 0.0287. The van der Waals surface area contributed by atoms with Crippen LogP contribution in [-0.4, -0.2) is 40.1 Å². The second-order valence-corrected chi connectivity index (χ2v) is 4.69. The van der Waals surface area contributed by atoms with Crippen molar-refractivity contribution in [3.05, 3.63) is 29.8 Å². The maximum Gasteiger partial charge on any atom is 0.326 e. The highest BCUT2D eigenvalue weighted by molar-refractivity contribution is 5.89. The molecule has 1 aromatic carbocycles.